The minimum atomic E-state index is -4.64. The Labute approximate surface area is 160 Å². The van der Waals surface area contributed by atoms with Gasteiger partial charge in [-0.3, -0.25) is 23.5 Å². The van der Waals surface area contributed by atoms with Crippen molar-refractivity contribution in [1.29, 1.82) is 0 Å². The molecular formula is C19H13F3N4O3. The monoisotopic (exact) mass is 402 g/mol. The average Bonchev–Trinajstić information content (AvgIpc) is 3.00. The minimum Gasteiger partial charge on any atom is -0.493 e. The van der Waals surface area contributed by atoms with Gasteiger partial charge in [0.05, 0.1) is 28.0 Å². The van der Waals surface area contributed by atoms with Crippen molar-refractivity contribution in [1.82, 2.24) is 18.9 Å². The lowest BCUT2D eigenvalue weighted by atomic mass is 10.1. The molecule has 0 saturated carbocycles. The Morgan fingerprint density at radius 1 is 1.17 bits per heavy atom. The third-order valence-electron chi connectivity index (χ3n) is 4.59. The van der Waals surface area contributed by atoms with Crippen LogP contribution < -0.4 is 5.56 Å². The number of halogens is 3. The summed E-state index contributed by atoms with van der Waals surface area (Å²) in [5.41, 5.74) is -1.77. The van der Waals surface area contributed by atoms with E-state index >= 15 is 0 Å². The zero-order valence-corrected chi connectivity index (χ0v) is 15.2. The number of imidazole rings is 1. The van der Waals surface area contributed by atoms with Crippen LogP contribution in [0.4, 0.5) is 13.2 Å². The highest BCUT2D eigenvalue weighted by Crippen LogP contribution is 2.33. The molecule has 0 bridgehead atoms. The van der Waals surface area contributed by atoms with E-state index in [0.29, 0.717) is 5.69 Å². The molecule has 1 aromatic carbocycles. The zero-order chi connectivity index (χ0) is 21.1. The van der Waals surface area contributed by atoms with Crippen molar-refractivity contribution in [3.8, 4) is 11.6 Å². The first-order valence-electron chi connectivity index (χ1n) is 8.41. The topological polar surface area (TPSA) is 89.5 Å². The van der Waals surface area contributed by atoms with Gasteiger partial charge in [0.15, 0.2) is 11.5 Å². The fourth-order valence-corrected chi connectivity index (χ4v) is 3.25. The van der Waals surface area contributed by atoms with Gasteiger partial charge in [-0.25, -0.2) is 4.98 Å². The number of ketones is 1. The third-order valence-corrected chi connectivity index (χ3v) is 4.59. The molecule has 0 aliphatic carbocycles. The van der Waals surface area contributed by atoms with Gasteiger partial charge < -0.3 is 5.11 Å². The van der Waals surface area contributed by atoms with Crippen LogP contribution in [0.3, 0.4) is 0 Å². The lowest BCUT2D eigenvalue weighted by Gasteiger charge is -2.15. The highest BCUT2D eigenvalue weighted by molar-refractivity contribution is 5.96. The predicted molar refractivity (Wildman–Crippen MR) is 97.5 cm³/mol. The summed E-state index contributed by atoms with van der Waals surface area (Å²) in [4.78, 5) is 33.0. The maximum Gasteiger partial charge on any atom is 0.416 e. The van der Waals surface area contributed by atoms with Gasteiger partial charge in [-0.1, -0.05) is 0 Å². The Hall–Kier alpha value is -3.69. The first-order valence-corrected chi connectivity index (χ1v) is 8.41. The van der Waals surface area contributed by atoms with E-state index in [1.165, 1.54) is 12.3 Å². The first-order chi connectivity index (χ1) is 13.6. The Balaban J connectivity index is 2.28. The fraction of sp³-hybridized carbons (Fsp3) is 0.158. The maximum absolute atomic E-state index is 13.3. The number of hydrogen-bond acceptors (Lipinski definition) is 5. The quantitative estimate of drug-likeness (QED) is 0.520. The van der Waals surface area contributed by atoms with Crippen LogP contribution in [-0.2, 0) is 6.18 Å². The van der Waals surface area contributed by atoms with Crippen molar-refractivity contribution in [3.05, 3.63) is 63.8 Å². The number of fused-ring (bicyclic) bond motifs is 3. The van der Waals surface area contributed by atoms with Crippen molar-refractivity contribution in [2.45, 2.75) is 20.0 Å². The van der Waals surface area contributed by atoms with E-state index in [0.717, 1.165) is 34.1 Å². The molecular weight excluding hydrogens is 389 g/mol. The van der Waals surface area contributed by atoms with Crippen molar-refractivity contribution in [2.75, 3.05) is 0 Å². The first kappa shape index (κ1) is 18.7. The molecule has 29 heavy (non-hydrogen) atoms. The highest BCUT2D eigenvalue weighted by Gasteiger charge is 2.32. The predicted octanol–water partition coefficient (Wildman–Crippen LogP) is 3.27. The summed E-state index contributed by atoms with van der Waals surface area (Å²) in [6.45, 7) is 2.77. The summed E-state index contributed by atoms with van der Waals surface area (Å²) < 4.78 is 42.0. The molecule has 4 rings (SSSR count). The standard InChI is InChI=1S/C19H13F3N4O3/c1-9-12(4-3-7-23-9)25-14-8-11(19(20,21)22)5-6-13(14)26-16(18(25)29)24-15(10(2)27)17(26)28/h3-8,28H,1-2H3. The van der Waals surface area contributed by atoms with Crippen molar-refractivity contribution in [3.63, 3.8) is 0 Å². The average molecular weight is 402 g/mol. The summed E-state index contributed by atoms with van der Waals surface area (Å²) in [6, 6.07) is 5.85. The Kier molecular flexibility index (Phi) is 3.96. The number of carbonyl (C=O) groups excluding carboxylic acids is 1. The summed E-state index contributed by atoms with van der Waals surface area (Å²) in [5.74, 6) is -1.20. The normalized spacial score (nSPS) is 12.0. The number of aromatic nitrogens is 4. The smallest absolute Gasteiger partial charge is 0.416 e. The second-order valence-corrected chi connectivity index (χ2v) is 6.45. The molecule has 0 amide bonds. The van der Waals surface area contributed by atoms with Gasteiger partial charge in [-0.15, -0.1) is 0 Å². The molecule has 0 saturated heterocycles. The molecule has 0 unspecified atom stereocenters. The molecule has 0 spiro atoms. The highest BCUT2D eigenvalue weighted by atomic mass is 19.4. The van der Waals surface area contributed by atoms with Crippen LogP contribution in [0.25, 0.3) is 22.4 Å². The van der Waals surface area contributed by atoms with Gasteiger partial charge in [0.2, 0.25) is 11.5 Å². The summed E-state index contributed by atoms with van der Waals surface area (Å²) >= 11 is 0. The second kappa shape index (κ2) is 6.16. The third kappa shape index (κ3) is 2.75. The van der Waals surface area contributed by atoms with Gasteiger partial charge in [0.25, 0.3) is 5.56 Å². The van der Waals surface area contributed by atoms with E-state index in [-0.39, 0.29) is 28.1 Å². The number of hydrogen-bond donors (Lipinski definition) is 1. The van der Waals surface area contributed by atoms with Crippen molar-refractivity contribution in [2.24, 2.45) is 0 Å². The Morgan fingerprint density at radius 2 is 1.90 bits per heavy atom. The van der Waals surface area contributed by atoms with Gasteiger partial charge in [-0.05, 0) is 37.3 Å². The van der Waals surface area contributed by atoms with Gasteiger partial charge in [0, 0.05) is 13.1 Å². The van der Waals surface area contributed by atoms with E-state index in [9.17, 15) is 27.9 Å². The number of aryl methyl sites for hydroxylation is 1. The molecule has 4 aromatic rings. The molecule has 10 heteroatoms. The Morgan fingerprint density at radius 3 is 2.52 bits per heavy atom. The fourth-order valence-electron chi connectivity index (χ4n) is 3.25. The number of aromatic hydroxyl groups is 1. The van der Waals surface area contributed by atoms with E-state index in [1.807, 2.05) is 0 Å². The van der Waals surface area contributed by atoms with Crippen LogP contribution in [0.15, 0.2) is 41.3 Å². The van der Waals surface area contributed by atoms with Crippen molar-refractivity contribution < 1.29 is 23.1 Å². The largest absolute Gasteiger partial charge is 0.493 e. The van der Waals surface area contributed by atoms with Crippen molar-refractivity contribution >= 4 is 22.5 Å². The zero-order valence-electron chi connectivity index (χ0n) is 15.2. The van der Waals surface area contributed by atoms with E-state index in [2.05, 4.69) is 9.97 Å². The van der Waals surface area contributed by atoms with Crippen LogP contribution in [-0.4, -0.2) is 29.8 Å². The van der Waals surface area contributed by atoms with E-state index in [4.69, 9.17) is 0 Å². The summed E-state index contributed by atoms with van der Waals surface area (Å²) in [7, 11) is 0. The molecule has 0 radical (unpaired) electrons. The number of nitrogens with zero attached hydrogens (tertiary/aromatic N) is 4. The number of benzene rings is 1. The molecule has 0 aliphatic heterocycles. The molecule has 0 aliphatic rings. The molecule has 0 fully saturated rings. The second-order valence-electron chi connectivity index (χ2n) is 6.45. The Bertz CT molecular complexity index is 1370. The number of alkyl halides is 3. The molecule has 3 heterocycles. The van der Waals surface area contributed by atoms with Gasteiger partial charge in [0.1, 0.15) is 0 Å². The van der Waals surface area contributed by atoms with Gasteiger partial charge in [-0.2, -0.15) is 13.2 Å². The summed E-state index contributed by atoms with van der Waals surface area (Å²) in [5, 5.41) is 10.4. The molecule has 148 valence electrons. The van der Waals surface area contributed by atoms with E-state index < -0.39 is 29.0 Å². The number of Topliss-reactive ketones (excluding diaryl/α,β-unsaturated/α-hetero) is 1. The van der Waals surface area contributed by atoms with Gasteiger partial charge >= 0.3 is 6.18 Å². The van der Waals surface area contributed by atoms with Crippen LogP contribution >= 0.6 is 0 Å². The van der Waals surface area contributed by atoms with Crippen LogP contribution in [0.1, 0.15) is 28.7 Å². The van der Waals surface area contributed by atoms with Crippen LogP contribution in [0.2, 0.25) is 0 Å². The lowest BCUT2D eigenvalue weighted by Crippen LogP contribution is -2.23. The number of rotatable bonds is 2. The van der Waals surface area contributed by atoms with Crippen LogP contribution in [0.5, 0.6) is 5.88 Å². The summed E-state index contributed by atoms with van der Waals surface area (Å²) in [6.07, 6.45) is -3.16. The van der Waals surface area contributed by atoms with E-state index in [1.54, 1.807) is 13.0 Å². The lowest BCUT2D eigenvalue weighted by molar-refractivity contribution is -0.137. The number of pyridine rings is 1. The SMILES string of the molecule is CC(=O)c1nc2c(=O)n(-c3cccnc3C)c3cc(C(F)(F)F)ccc3n2c1O. The molecule has 0 atom stereocenters. The number of carbonyl (C=O) groups is 1. The molecule has 3 aromatic heterocycles. The maximum atomic E-state index is 13.3. The van der Waals surface area contributed by atoms with Crippen LogP contribution in [0, 0.1) is 6.92 Å². The molecule has 7 nitrogen and oxygen atoms in total. The minimum absolute atomic E-state index is 0.0772. The molecule has 1 N–H and O–H groups in total.